The zero-order valence-electron chi connectivity index (χ0n) is 8.02. The fourth-order valence-electron chi connectivity index (χ4n) is 1.41. The second kappa shape index (κ2) is 3.13. The average Bonchev–Trinajstić information content (AvgIpc) is 2.28. The van der Waals surface area contributed by atoms with Crippen LogP contribution < -0.4 is 0 Å². The Morgan fingerprint density at radius 3 is 2.33 bits per heavy atom. The van der Waals surface area contributed by atoms with Gasteiger partial charge in [-0.25, -0.2) is 0 Å². The Balaban J connectivity index is 3.31. The first kappa shape index (κ1) is 9.04. The van der Waals surface area contributed by atoms with Gasteiger partial charge < -0.3 is 4.42 Å². The fourth-order valence-corrected chi connectivity index (χ4v) is 1.41. The first-order chi connectivity index (χ1) is 5.57. The maximum absolute atomic E-state index is 11.2. The summed E-state index contributed by atoms with van der Waals surface area (Å²) in [6, 6.07) is 0. The Labute approximate surface area is 72.6 Å². The zero-order valence-corrected chi connectivity index (χ0v) is 8.02. The van der Waals surface area contributed by atoms with E-state index < -0.39 is 0 Å². The number of ketones is 1. The minimum atomic E-state index is 0.0983. The van der Waals surface area contributed by atoms with Crippen LogP contribution in [0.15, 0.2) is 4.42 Å². The van der Waals surface area contributed by atoms with Crippen molar-refractivity contribution in [2.24, 2.45) is 0 Å². The maximum Gasteiger partial charge on any atom is 0.163 e. The van der Waals surface area contributed by atoms with E-state index in [-0.39, 0.29) is 5.78 Å². The molecule has 0 aliphatic heterocycles. The summed E-state index contributed by atoms with van der Waals surface area (Å²) in [5, 5.41) is 0. The van der Waals surface area contributed by atoms with Gasteiger partial charge in [0.25, 0.3) is 0 Å². The van der Waals surface area contributed by atoms with E-state index in [0.29, 0.717) is 0 Å². The number of aryl methyl sites for hydroxylation is 2. The van der Waals surface area contributed by atoms with Crippen LogP contribution in [0.25, 0.3) is 0 Å². The topological polar surface area (TPSA) is 30.2 Å². The molecule has 0 aromatic carbocycles. The van der Waals surface area contributed by atoms with Crippen molar-refractivity contribution in [3.8, 4) is 0 Å². The summed E-state index contributed by atoms with van der Waals surface area (Å²) in [6.07, 6.45) is 0.781. The molecule has 0 aliphatic carbocycles. The van der Waals surface area contributed by atoms with E-state index in [1.165, 1.54) is 0 Å². The summed E-state index contributed by atoms with van der Waals surface area (Å²) in [4.78, 5) is 11.2. The van der Waals surface area contributed by atoms with Gasteiger partial charge in [-0.3, -0.25) is 4.79 Å². The number of furan rings is 1. The molecule has 0 saturated heterocycles. The predicted octanol–water partition coefficient (Wildman–Crippen LogP) is 2.66. The molecule has 1 aromatic rings. The Bertz CT molecular complexity index is 308. The minimum Gasteiger partial charge on any atom is -0.465 e. The molecule has 0 aliphatic rings. The summed E-state index contributed by atoms with van der Waals surface area (Å²) in [6.45, 7) is 7.39. The number of carbonyl (C=O) groups excluding carboxylic acids is 1. The highest BCUT2D eigenvalue weighted by atomic mass is 16.3. The van der Waals surface area contributed by atoms with Gasteiger partial charge in [0.15, 0.2) is 5.78 Å². The van der Waals surface area contributed by atoms with Crippen LogP contribution in [-0.2, 0) is 6.42 Å². The molecule has 0 saturated carbocycles. The highest BCUT2D eigenvalue weighted by molar-refractivity contribution is 5.96. The van der Waals surface area contributed by atoms with Gasteiger partial charge in [0.2, 0.25) is 0 Å². The van der Waals surface area contributed by atoms with Crippen LogP contribution in [-0.4, -0.2) is 5.78 Å². The van der Waals surface area contributed by atoms with Gasteiger partial charge in [0.05, 0.1) is 5.56 Å². The van der Waals surface area contributed by atoms with Crippen LogP contribution >= 0.6 is 0 Å². The second-order valence-electron chi connectivity index (χ2n) is 2.99. The van der Waals surface area contributed by atoms with Crippen molar-refractivity contribution < 1.29 is 9.21 Å². The number of hydrogen-bond donors (Lipinski definition) is 0. The monoisotopic (exact) mass is 166 g/mol. The molecule has 2 nitrogen and oxygen atoms in total. The van der Waals surface area contributed by atoms with Crippen molar-refractivity contribution in [2.75, 3.05) is 0 Å². The van der Waals surface area contributed by atoms with E-state index >= 15 is 0 Å². The molecular formula is C10H14O2. The number of hydrogen-bond acceptors (Lipinski definition) is 2. The molecule has 1 rings (SSSR count). The summed E-state index contributed by atoms with van der Waals surface area (Å²) in [5.74, 6) is 1.77. The quantitative estimate of drug-likeness (QED) is 0.632. The van der Waals surface area contributed by atoms with Gasteiger partial charge >= 0.3 is 0 Å². The van der Waals surface area contributed by atoms with Crippen LogP contribution in [0.3, 0.4) is 0 Å². The normalized spacial score (nSPS) is 10.3. The van der Waals surface area contributed by atoms with Gasteiger partial charge in [-0.1, -0.05) is 6.92 Å². The van der Waals surface area contributed by atoms with Crippen molar-refractivity contribution in [2.45, 2.75) is 34.1 Å². The largest absolute Gasteiger partial charge is 0.465 e. The van der Waals surface area contributed by atoms with Crippen LogP contribution in [0.1, 0.15) is 41.3 Å². The molecule has 0 spiro atoms. The molecule has 12 heavy (non-hydrogen) atoms. The van der Waals surface area contributed by atoms with Crippen molar-refractivity contribution in [3.05, 3.63) is 22.6 Å². The zero-order chi connectivity index (χ0) is 9.30. The Kier molecular flexibility index (Phi) is 2.36. The van der Waals surface area contributed by atoms with Crippen molar-refractivity contribution in [1.82, 2.24) is 0 Å². The molecule has 0 radical (unpaired) electrons. The molecule has 1 aromatic heterocycles. The smallest absolute Gasteiger partial charge is 0.163 e. The van der Waals surface area contributed by atoms with Gasteiger partial charge in [-0.15, -0.1) is 0 Å². The third-order valence-electron chi connectivity index (χ3n) is 2.13. The van der Waals surface area contributed by atoms with Gasteiger partial charge in [0, 0.05) is 12.0 Å². The molecule has 0 amide bonds. The van der Waals surface area contributed by atoms with E-state index in [1.807, 2.05) is 20.8 Å². The highest BCUT2D eigenvalue weighted by Gasteiger charge is 2.16. The number of carbonyl (C=O) groups is 1. The van der Waals surface area contributed by atoms with Gasteiger partial charge in [-0.05, 0) is 20.8 Å². The first-order valence-electron chi connectivity index (χ1n) is 4.17. The Morgan fingerprint density at radius 2 is 2.00 bits per heavy atom. The van der Waals surface area contributed by atoms with Crippen molar-refractivity contribution in [3.63, 3.8) is 0 Å². The van der Waals surface area contributed by atoms with Gasteiger partial charge in [-0.2, -0.15) is 0 Å². The van der Waals surface area contributed by atoms with E-state index in [1.54, 1.807) is 6.92 Å². The fraction of sp³-hybridized carbons (Fsp3) is 0.500. The van der Waals surface area contributed by atoms with E-state index in [2.05, 4.69) is 0 Å². The average molecular weight is 166 g/mol. The van der Waals surface area contributed by atoms with E-state index in [9.17, 15) is 4.79 Å². The lowest BCUT2D eigenvalue weighted by Gasteiger charge is -1.94. The third kappa shape index (κ3) is 1.29. The lowest BCUT2D eigenvalue weighted by Crippen LogP contribution is -1.96. The lowest BCUT2D eigenvalue weighted by molar-refractivity contribution is 0.101. The predicted molar refractivity (Wildman–Crippen MR) is 47.6 cm³/mol. The van der Waals surface area contributed by atoms with E-state index in [0.717, 1.165) is 29.1 Å². The molecule has 0 N–H and O–H groups in total. The second-order valence-corrected chi connectivity index (χ2v) is 2.99. The summed E-state index contributed by atoms with van der Waals surface area (Å²) >= 11 is 0. The SMILES string of the molecule is CCc1oc(C)c(C)c1C(C)=O. The number of rotatable bonds is 2. The molecule has 0 fully saturated rings. The molecule has 66 valence electrons. The third-order valence-corrected chi connectivity index (χ3v) is 2.13. The standard InChI is InChI=1S/C10H14O2/c1-5-9-10(7(3)11)6(2)8(4)12-9/h5H2,1-4H3. The van der Waals surface area contributed by atoms with Crippen molar-refractivity contribution in [1.29, 1.82) is 0 Å². The number of Topliss-reactive ketones (excluding diaryl/α,β-unsaturated/α-hetero) is 1. The summed E-state index contributed by atoms with van der Waals surface area (Å²) < 4.78 is 5.44. The van der Waals surface area contributed by atoms with Crippen molar-refractivity contribution >= 4 is 5.78 Å². The molecule has 0 bridgehead atoms. The highest BCUT2D eigenvalue weighted by Crippen LogP contribution is 2.22. The molecular weight excluding hydrogens is 152 g/mol. The van der Waals surface area contributed by atoms with Crippen LogP contribution in [0.2, 0.25) is 0 Å². The van der Waals surface area contributed by atoms with Gasteiger partial charge in [0.1, 0.15) is 11.5 Å². The Morgan fingerprint density at radius 1 is 1.42 bits per heavy atom. The first-order valence-corrected chi connectivity index (χ1v) is 4.17. The molecule has 1 heterocycles. The molecule has 0 atom stereocenters. The Hall–Kier alpha value is -1.05. The maximum atomic E-state index is 11.2. The molecule has 2 heteroatoms. The summed E-state index contributed by atoms with van der Waals surface area (Å²) in [5.41, 5.74) is 1.76. The van der Waals surface area contributed by atoms with Crippen LogP contribution in [0.5, 0.6) is 0 Å². The van der Waals surface area contributed by atoms with Crippen LogP contribution in [0, 0.1) is 13.8 Å². The van der Waals surface area contributed by atoms with E-state index in [4.69, 9.17) is 4.42 Å². The summed E-state index contributed by atoms with van der Waals surface area (Å²) in [7, 11) is 0. The molecule has 0 unspecified atom stereocenters. The lowest BCUT2D eigenvalue weighted by atomic mass is 10.1. The minimum absolute atomic E-state index is 0.0983. The van der Waals surface area contributed by atoms with Crippen LogP contribution in [0.4, 0.5) is 0 Å².